The fourth-order valence-electron chi connectivity index (χ4n) is 4.81. The topological polar surface area (TPSA) is 75.6 Å². The smallest absolute Gasteiger partial charge is 0.419 e. The van der Waals surface area contributed by atoms with E-state index in [-0.39, 0.29) is 21.8 Å². The maximum atomic E-state index is 14.5. The van der Waals surface area contributed by atoms with Crippen molar-refractivity contribution in [2.75, 3.05) is 7.11 Å². The maximum absolute atomic E-state index is 14.5. The van der Waals surface area contributed by atoms with Gasteiger partial charge < -0.3 is 9.84 Å². The molecule has 0 unspecified atom stereocenters. The largest absolute Gasteiger partial charge is 0.493 e. The Kier molecular flexibility index (Phi) is 5.70. The first kappa shape index (κ1) is 24.4. The van der Waals surface area contributed by atoms with Crippen molar-refractivity contribution < 1.29 is 35.8 Å². The third-order valence-electron chi connectivity index (χ3n) is 6.32. The predicted molar refractivity (Wildman–Crippen MR) is 119 cm³/mol. The molecule has 0 spiro atoms. The second kappa shape index (κ2) is 7.93. The molecule has 0 saturated heterocycles. The second-order valence-corrected chi connectivity index (χ2v) is 10.8. The van der Waals surface area contributed by atoms with Crippen LogP contribution in [0.25, 0.3) is 10.8 Å². The average Bonchev–Trinajstić information content (AvgIpc) is 2.75. The Hall–Kier alpha value is -2.69. The Morgan fingerprint density at radius 2 is 1.71 bits per heavy atom. The minimum Gasteiger partial charge on any atom is -0.493 e. The monoisotopic (exact) mass is 497 g/mol. The molecule has 3 aromatic rings. The highest BCUT2D eigenvalue weighted by Gasteiger charge is 2.65. The molecular weight excluding hydrogens is 474 g/mol. The first-order chi connectivity index (χ1) is 15.7. The zero-order chi connectivity index (χ0) is 25.1. The molecule has 1 aliphatic rings. The van der Waals surface area contributed by atoms with Gasteiger partial charge in [-0.3, -0.25) is 0 Å². The number of halogens is 4. The number of nitrogens with one attached hydrogen (secondary N) is 1. The lowest BCUT2D eigenvalue weighted by Crippen LogP contribution is -2.60. The summed E-state index contributed by atoms with van der Waals surface area (Å²) in [5.41, 5.74) is -5.00. The van der Waals surface area contributed by atoms with E-state index in [2.05, 4.69) is 4.72 Å². The number of hydrogen-bond donors (Lipinski definition) is 2. The number of rotatable bonds is 4. The van der Waals surface area contributed by atoms with Crippen molar-refractivity contribution in [3.63, 3.8) is 0 Å². The molecule has 1 aliphatic carbocycles. The summed E-state index contributed by atoms with van der Waals surface area (Å²) in [5, 5.41) is 12.3. The van der Waals surface area contributed by atoms with Gasteiger partial charge in [0.25, 0.3) is 0 Å². The van der Waals surface area contributed by atoms with Crippen LogP contribution in [0.4, 0.5) is 17.6 Å². The average molecular weight is 498 g/mol. The molecule has 0 aliphatic heterocycles. The Labute approximate surface area is 194 Å². The number of sulfonamides is 1. The summed E-state index contributed by atoms with van der Waals surface area (Å²) < 4.78 is 91.0. The van der Waals surface area contributed by atoms with Crippen molar-refractivity contribution in [3.05, 3.63) is 71.5 Å². The lowest BCUT2D eigenvalue weighted by molar-refractivity contribution is -0.279. The Morgan fingerprint density at radius 1 is 1.06 bits per heavy atom. The molecule has 182 valence electrons. The van der Waals surface area contributed by atoms with E-state index in [1.54, 1.807) is 24.3 Å². The van der Waals surface area contributed by atoms with Crippen molar-refractivity contribution in [2.45, 2.75) is 48.4 Å². The number of hydrogen-bond acceptors (Lipinski definition) is 4. The molecule has 34 heavy (non-hydrogen) atoms. The first-order valence-electron chi connectivity index (χ1n) is 10.4. The Morgan fingerprint density at radius 3 is 2.32 bits per heavy atom. The molecule has 0 aromatic heterocycles. The first-order valence-corrected chi connectivity index (χ1v) is 11.9. The van der Waals surface area contributed by atoms with Crippen molar-refractivity contribution in [1.29, 1.82) is 0 Å². The van der Waals surface area contributed by atoms with Gasteiger partial charge in [0.05, 0.1) is 18.0 Å². The van der Waals surface area contributed by atoms with E-state index in [0.717, 1.165) is 17.5 Å². The SMILES string of the molecule is COc1c(F)ccc2c1C(C)(C)C[C@](O)(C(F)(F)F)[C@@H]2NS(=O)(=O)c1ccc2ccccc2c1. The summed E-state index contributed by atoms with van der Waals surface area (Å²) in [6.45, 7) is 2.83. The number of ether oxygens (including phenoxy) is 1. The van der Waals surface area contributed by atoms with E-state index < -0.39 is 45.5 Å². The van der Waals surface area contributed by atoms with Crippen LogP contribution in [0.3, 0.4) is 0 Å². The van der Waals surface area contributed by atoms with Crippen LogP contribution >= 0.6 is 0 Å². The van der Waals surface area contributed by atoms with Gasteiger partial charge in [-0.1, -0.05) is 50.2 Å². The van der Waals surface area contributed by atoms with Gasteiger partial charge in [-0.2, -0.15) is 13.2 Å². The highest BCUT2D eigenvalue weighted by molar-refractivity contribution is 7.89. The van der Waals surface area contributed by atoms with Crippen LogP contribution in [0.5, 0.6) is 5.75 Å². The summed E-state index contributed by atoms with van der Waals surface area (Å²) in [5.74, 6) is -1.09. The second-order valence-electron chi connectivity index (χ2n) is 9.09. The highest BCUT2D eigenvalue weighted by Crippen LogP contribution is 2.56. The van der Waals surface area contributed by atoms with Gasteiger partial charge in [-0.05, 0) is 46.4 Å². The molecule has 0 fully saturated rings. The molecule has 2 atom stereocenters. The molecule has 0 bridgehead atoms. The highest BCUT2D eigenvalue weighted by atomic mass is 32.2. The van der Waals surface area contributed by atoms with Crippen LogP contribution in [-0.2, 0) is 15.4 Å². The lowest BCUT2D eigenvalue weighted by atomic mass is 9.63. The van der Waals surface area contributed by atoms with E-state index >= 15 is 0 Å². The summed E-state index contributed by atoms with van der Waals surface area (Å²) in [6.07, 6.45) is -6.11. The van der Waals surface area contributed by atoms with Crippen LogP contribution in [0.1, 0.15) is 37.4 Å². The van der Waals surface area contributed by atoms with Gasteiger partial charge in [-0.15, -0.1) is 0 Å². The molecule has 3 aromatic carbocycles. The molecule has 10 heteroatoms. The van der Waals surface area contributed by atoms with Crippen LogP contribution < -0.4 is 9.46 Å². The third kappa shape index (κ3) is 3.83. The fraction of sp³-hybridized carbons (Fsp3) is 0.333. The molecule has 2 N–H and O–H groups in total. The van der Waals surface area contributed by atoms with Gasteiger partial charge >= 0.3 is 6.18 Å². The number of aliphatic hydroxyl groups is 1. The van der Waals surface area contributed by atoms with Crippen molar-refractivity contribution in [2.24, 2.45) is 0 Å². The Balaban J connectivity index is 1.91. The van der Waals surface area contributed by atoms with Crippen LogP contribution in [0.15, 0.2) is 59.5 Å². The minimum atomic E-state index is -5.19. The molecule has 0 saturated carbocycles. The molecule has 0 amide bonds. The normalized spacial score (nSPS) is 22.4. The third-order valence-corrected chi connectivity index (χ3v) is 7.74. The number of alkyl halides is 3. The lowest BCUT2D eigenvalue weighted by Gasteiger charge is -2.48. The molecular formula is C24H23F4NO4S. The maximum Gasteiger partial charge on any atom is 0.419 e. The van der Waals surface area contributed by atoms with Crippen molar-refractivity contribution >= 4 is 20.8 Å². The standard InChI is InChI=1S/C24H23F4NO4S/c1-22(2)13-23(30,24(26,27)28)21(17-10-11-18(25)20(33-3)19(17)22)29-34(31,32)16-9-8-14-6-4-5-7-15(14)12-16/h4-12,21,29-30H,13H2,1-3H3/t21-,23-/m1/s1. The van der Waals surface area contributed by atoms with Gasteiger partial charge in [-0.25, -0.2) is 17.5 Å². The minimum absolute atomic E-state index is 0.0649. The zero-order valence-electron chi connectivity index (χ0n) is 18.6. The number of fused-ring (bicyclic) bond motifs is 2. The number of methoxy groups -OCH3 is 1. The number of benzene rings is 3. The van der Waals surface area contributed by atoms with Gasteiger partial charge in [0.2, 0.25) is 10.0 Å². The van der Waals surface area contributed by atoms with Gasteiger partial charge in [0.15, 0.2) is 17.2 Å². The summed E-state index contributed by atoms with van der Waals surface area (Å²) in [7, 11) is -3.36. The van der Waals surface area contributed by atoms with E-state index in [1.165, 1.54) is 39.2 Å². The van der Waals surface area contributed by atoms with E-state index in [0.29, 0.717) is 5.39 Å². The Bertz CT molecular complexity index is 1370. The van der Waals surface area contributed by atoms with Crippen molar-refractivity contribution in [3.8, 4) is 5.75 Å². The van der Waals surface area contributed by atoms with Gasteiger partial charge in [0.1, 0.15) is 0 Å². The predicted octanol–water partition coefficient (Wildman–Crippen LogP) is 4.98. The van der Waals surface area contributed by atoms with Crippen molar-refractivity contribution in [1.82, 2.24) is 4.72 Å². The molecule has 0 radical (unpaired) electrons. The summed E-state index contributed by atoms with van der Waals surface area (Å²) >= 11 is 0. The molecule has 4 rings (SSSR count). The van der Waals surface area contributed by atoms with E-state index in [4.69, 9.17) is 4.74 Å². The quantitative estimate of drug-likeness (QED) is 0.499. The molecule has 0 heterocycles. The molecule has 5 nitrogen and oxygen atoms in total. The van der Waals surface area contributed by atoms with E-state index in [1.807, 2.05) is 0 Å². The van der Waals surface area contributed by atoms with Crippen LogP contribution in [-0.4, -0.2) is 32.4 Å². The zero-order valence-corrected chi connectivity index (χ0v) is 19.4. The fourth-order valence-corrected chi connectivity index (χ4v) is 6.11. The van der Waals surface area contributed by atoms with Crippen LogP contribution in [0.2, 0.25) is 0 Å². The summed E-state index contributed by atoms with van der Waals surface area (Å²) in [4.78, 5) is -0.267. The van der Waals surface area contributed by atoms with Crippen LogP contribution in [0, 0.1) is 5.82 Å². The van der Waals surface area contributed by atoms with E-state index in [9.17, 15) is 31.1 Å². The summed E-state index contributed by atoms with van der Waals surface area (Å²) in [6, 6.07) is 10.9. The van der Waals surface area contributed by atoms with Gasteiger partial charge in [0, 0.05) is 5.56 Å².